The molecule has 0 aliphatic heterocycles. The molecule has 0 aliphatic rings. The van der Waals surface area contributed by atoms with Crippen molar-refractivity contribution in [2.75, 3.05) is 22.9 Å². The highest BCUT2D eigenvalue weighted by Crippen LogP contribution is 2.32. The third-order valence-electron chi connectivity index (χ3n) is 4.07. The normalized spacial score (nSPS) is 12.9. The largest absolute Gasteiger partial charge is 0.408 e. The predicted molar refractivity (Wildman–Crippen MR) is 99.1 cm³/mol. The van der Waals surface area contributed by atoms with Gasteiger partial charge in [-0.1, -0.05) is 0 Å². The summed E-state index contributed by atoms with van der Waals surface area (Å²) in [5.74, 6) is -0.457. The first-order valence-corrected chi connectivity index (χ1v) is 8.49. The summed E-state index contributed by atoms with van der Waals surface area (Å²) in [7, 11) is 0. The molecule has 0 spiro atoms. The summed E-state index contributed by atoms with van der Waals surface area (Å²) in [6.45, 7) is 0.231. The fraction of sp³-hybridized carbons (Fsp3) is 0.312. The van der Waals surface area contributed by atoms with Crippen LogP contribution >= 0.6 is 0 Å². The van der Waals surface area contributed by atoms with Crippen molar-refractivity contribution >= 4 is 28.8 Å². The van der Waals surface area contributed by atoms with E-state index in [-0.39, 0.29) is 28.8 Å². The van der Waals surface area contributed by atoms with Gasteiger partial charge in [0.05, 0.1) is 12.2 Å². The molecule has 0 saturated heterocycles. The van der Waals surface area contributed by atoms with E-state index in [4.69, 9.17) is 11.3 Å². The lowest BCUT2D eigenvalue weighted by Gasteiger charge is -2.17. The van der Waals surface area contributed by atoms with Gasteiger partial charge in [-0.25, -0.2) is 23.8 Å². The summed E-state index contributed by atoms with van der Waals surface area (Å²) >= 11 is 0. The molecular weight excluding hydrogens is 413 g/mol. The Morgan fingerprint density at radius 1 is 1.23 bits per heavy atom. The monoisotopic (exact) mass is 429 g/mol. The number of halogens is 5. The number of nitrogens with two attached hydrogens (primary N) is 1. The van der Waals surface area contributed by atoms with E-state index < -0.39 is 25.2 Å². The van der Waals surface area contributed by atoms with Crippen LogP contribution in [0.3, 0.4) is 0 Å². The zero-order valence-electron chi connectivity index (χ0n) is 15.4. The molecule has 3 aromatic rings. The van der Waals surface area contributed by atoms with Crippen LogP contribution in [0.2, 0.25) is 0 Å². The van der Waals surface area contributed by atoms with E-state index in [0.717, 1.165) is 6.92 Å². The van der Waals surface area contributed by atoms with Crippen molar-refractivity contribution in [2.45, 2.75) is 25.6 Å². The summed E-state index contributed by atoms with van der Waals surface area (Å²) in [4.78, 5) is 8.08. The number of anilines is 3. The molecule has 3 aromatic heterocycles. The Balaban J connectivity index is 1.99. The maximum absolute atomic E-state index is 12.7. The molecule has 0 bridgehead atoms. The van der Waals surface area contributed by atoms with Gasteiger partial charge >= 0.3 is 6.18 Å². The van der Waals surface area contributed by atoms with E-state index in [2.05, 4.69) is 30.8 Å². The fourth-order valence-electron chi connectivity index (χ4n) is 2.59. The summed E-state index contributed by atoms with van der Waals surface area (Å²) in [5.41, 5.74) is 14.1. The third kappa shape index (κ3) is 4.36. The van der Waals surface area contributed by atoms with Crippen LogP contribution in [0.1, 0.15) is 6.92 Å². The highest BCUT2D eigenvalue weighted by atomic mass is 19.4. The van der Waals surface area contributed by atoms with Crippen molar-refractivity contribution in [1.29, 1.82) is 5.53 Å². The molecule has 5 N–H and O–H groups in total. The lowest BCUT2D eigenvalue weighted by atomic mass is 10.1. The Labute approximate surface area is 166 Å². The number of pyridine rings is 1. The minimum atomic E-state index is -4.49. The molecule has 9 nitrogen and oxygen atoms in total. The second-order valence-corrected chi connectivity index (χ2v) is 6.20. The number of aromatic nitrogens is 4. The summed E-state index contributed by atoms with van der Waals surface area (Å²) < 4.78 is 64.5. The molecule has 14 heteroatoms. The molecule has 0 radical (unpaired) electrons. The van der Waals surface area contributed by atoms with Crippen LogP contribution in [0.15, 0.2) is 29.5 Å². The topological polar surface area (TPSA) is 129 Å². The summed E-state index contributed by atoms with van der Waals surface area (Å²) in [6, 6.07) is 2.56. The second-order valence-electron chi connectivity index (χ2n) is 6.20. The molecular formula is C16H16F5N9. The van der Waals surface area contributed by atoms with Crippen molar-refractivity contribution in [3.05, 3.63) is 24.4 Å². The molecule has 3 heterocycles. The van der Waals surface area contributed by atoms with Gasteiger partial charge in [0.15, 0.2) is 11.6 Å². The fourth-order valence-corrected chi connectivity index (χ4v) is 2.59. The first kappa shape index (κ1) is 21.1. The van der Waals surface area contributed by atoms with Crippen molar-refractivity contribution in [3.63, 3.8) is 0 Å². The number of alkyl halides is 5. The van der Waals surface area contributed by atoms with Crippen LogP contribution in [-0.2, 0) is 0 Å². The van der Waals surface area contributed by atoms with Crippen LogP contribution in [0.5, 0.6) is 0 Å². The first-order valence-electron chi connectivity index (χ1n) is 8.49. The van der Waals surface area contributed by atoms with E-state index in [1.54, 1.807) is 6.07 Å². The number of nitrogen functional groups attached to an aromatic ring is 1. The van der Waals surface area contributed by atoms with Crippen LogP contribution < -0.4 is 16.4 Å². The van der Waals surface area contributed by atoms with E-state index >= 15 is 0 Å². The average molecular weight is 429 g/mol. The van der Waals surface area contributed by atoms with Crippen LogP contribution in [-0.4, -0.2) is 44.8 Å². The maximum atomic E-state index is 12.7. The predicted octanol–water partition coefficient (Wildman–Crippen LogP) is 4.08. The first-order chi connectivity index (χ1) is 14.1. The molecule has 160 valence electrons. The zero-order valence-corrected chi connectivity index (χ0v) is 15.4. The van der Waals surface area contributed by atoms with Gasteiger partial charge in [0, 0.05) is 11.8 Å². The molecule has 0 fully saturated rings. The SMILES string of the molecule is C[C@@H](Nc1nc(N)c2c(-c3ccc(N=N)c(NCC(F)F)n3)ccn2n1)C(F)(F)F. The highest BCUT2D eigenvalue weighted by molar-refractivity contribution is 5.87. The standard InChI is InChI=1S/C16H16F5N9/c1-7(16(19,20)21)25-15-27-13(22)12-8(4-5-30(12)29-15)9-2-3-10(28-23)14(26-9)24-6-11(17)18/h2-5,7,11,23H,6H2,1H3,(H,24,26)(H3,22,25,27,29)/t7-/m1/s1. The van der Waals surface area contributed by atoms with E-state index in [1.165, 1.54) is 22.8 Å². The van der Waals surface area contributed by atoms with Gasteiger partial charge in [0.2, 0.25) is 5.95 Å². The number of hydrogen-bond acceptors (Lipinski definition) is 8. The number of nitrogens with zero attached hydrogens (tertiary/aromatic N) is 5. The van der Waals surface area contributed by atoms with Crippen LogP contribution in [0.4, 0.5) is 45.2 Å². The molecule has 1 atom stereocenters. The second kappa shape index (κ2) is 8.04. The smallest absolute Gasteiger partial charge is 0.382 e. The molecule has 30 heavy (non-hydrogen) atoms. The van der Waals surface area contributed by atoms with Gasteiger partial charge in [-0.2, -0.15) is 23.3 Å². The lowest BCUT2D eigenvalue weighted by molar-refractivity contribution is -0.138. The van der Waals surface area contributed by atoms with E-state index in [1.807, 2.05) is 0 Å². The Bertz CT molecular complexity index is 1060. The minimum absolute atomic E-state index is 0.0288. The van der Waals surface area contributed by atoms with Crippen LogP contribution in [0.25, 0.3) is 16.8 Å². The van der Waals surface area contributed by atoms with Crippen molar-refractivity contribution in [3.8, 4) is 11.3 Å². The Hall–Kier alpha value is -3.58. The molecule has 0 amide bonds. The van der Waals surface area contributed by atoms with Crippen molar-refractivity contribution in [2.24, 2.45) is 5.11 Å². The van der Waals surface area contributed by atoms with Gasteiger partial charge in [-0.05, 0) is 25.1 Å². The Morgan fingerprint density at radius 2 is 1.97 bits per heavy atom. The summed E-state index contributed by atoms with van der Waals surface area (Å²) in [5, 5.41) is 11.8. The zero-order chi connectivity index (χ0) is 22.1. The summed E-state index contributed by atoms with van der Waals surface area (Å²) in [6.07, 6.45) is -5.69. The van der Waals surface area contributed by atoms with Crippen molar-refractivity contribution < 1.29 is 22.0 Å². The molecule has 0 aliphatic carbocycles. The third-order valence-corrected chi connectivity index (χ3v) is 4.07. The van der Waals surface area contributed by atoms with Gasteiger partial charge in [-0.3, -0.25) is 0 Å². The van der Waals surface area contributed by atoms with Gasteiger partial charge in [0.25, 0.3) is 6.43 Å². The van der Waals surface area contributed by atoms with Crippen molar-refractivity contribution in [1.82, 2.24) is 19.6 Å². The van der Waals surface area contributed by atoms with Gasteiger partial charge < -0.3 is 16.4 Å². The number of rotatable bonds is 7. The lowest BCUT2D eigenvalue weighted by Crippen LogP contribution is -2.34. The number of hydrogen-bond donors (Lipinski definition) is 4. The van der Waals surface area contributed by atoms with E-state index in [0.29, 0.717) is 11.3 Å². The highest BCUT2D eigenvalue weighted by Gasteiger charge is 2.36. The average Bonchev–Trinajstić information content (AvgIpc) is 3.09. The molecule has 3 rings (SSSR count). The van der Waals surface area contributed by atoms with Gasteiger partial charge in [-0.15, -0.1) is 5.10 Å². The molecule has 0 aromatic carbocycles. The maximum Gasteiger partial charge on any atom is 0.408 e. The Morgan fingerprint density at radius 3 is 2.60 bits per heavy atom. The quantitative estimate of drug-likeness (QED) is 0.331. The number of fused-ring (bicyclic) bond motifs is 1. The number of nitrogens with one attached hydrogen (secondary N) is 3. The molecule has 0 saturated carbocycles. The van der Waals surface area contributed by atoms with E-state index in [9.17, 15) is 22.0 Å². The molecule has 0 unspecified atom stereocenters. The minimum Gasteiger partial charge on any atom is -0.382 e. The van der Waals surface area contributed by atoms with Gasteiger partial charge in [0.1, 0.15) is 17.2 Å². The van der Waals surface area contributed by atoms with Crippen LogP contribution in [0, 0.1) is 5.53 Å². The Kier molecular flexibility index (Phi) is 5.67.